The number of amides is 3. The summed E-state index contributed by atoms with van der Waals surface area (Å²) in [6.45, 7) is 11.1. The Morgan fingerprint density at radius 2 is 1.77 bits per heavy atom. The smallest absolute Gasteiger partial charge is 0.377 e. The molecule has 2 atom stereocenters. The molecule has 1 N–H and O–H groups in total. The number of imide groups is 1. The van der Waals surface area contributed by atoms with Crippen LogP contribution in [0.2, 0.25) is 0 Å². The van der Waals surface area contributed by atoms with Gasteiger partial charge in [0.25, 0.3) is 5.91 Å². The highest BCUT2D eigenvalue weighted by Gasteiger charge is 2.53. The number of carbonyl (C=O) groups is 2. The van der Waals surface area contributed by atoms with Crippen LogP contribution in [-0.2, 0) is 15.7 Å². The molecular formula is C27H36F3N5O3S. The highest BCUT2D eigenvalue weighted by atomic mass is 32.2. The zero-order valence-electron chi connectivity index (χ0n) is 22.8. The van der Waals surface area contributed by atoms with Gasteiger partial charge in [-0.1, -0.05) is 0 Å². The molecule has 1 aromatic carbocycles. The summed E-state index contributed by atoms with van der Waals surface area (Å²) < 4.78 is 48.0. The molecule has 3 amide bonds. The first-order valence-corrected chi connectivity index (χ1v) is 14.2. The van der Waals surface area contributed by atoms with Gasteiger partial charge in [-0.2, -0.15) is 18.4 Å². The van der Waals surface area contributed by atoms with E-state index in [-0.39, 0.29) is 17.0 Å². The first kappa shape index (κ1) is 29.6. The Labute approximate surface area is 231 Å². The number of urea groups is 1. The van der Waals surface area contributed by atoms with Gasteiger partial charge in [0, 0.05) is 37.0 Å². The van der Waals surface area contributed by atoms with Gasteiger partial charge in [-0.3, -0.25) is 14.0 Å². The van der Waals surface area contributed by atoms with Gasteiger partial charge < -0.3 is 10.1 Å². The Kier molecular flexibility index (Phi) is 8.86. The van der Waals surface area contributed by atoms with Gasteiger partial charge in [0.15, 0.2) is 0 Å². The second kappa shape index (κ2) is 11.6. The maximum atomic E-state index is 13.5. The number of alkyl halides is 3. The van der Waals surface area contributed by atoms with Crippen LogP contribution >= 0.6 is 11.9 Å². The van der Waals surface area contributed by atoms with Crippen molar-refractivity contribution in [3.8, 4) is 6.07 Å². The van der Waals surface area contributed by atoms with Crippen LogP contribution in [0.5, 0.6) is 0 Å². The lowest BCUT2D eigenvalue weighted by molar-refractivity contribution is -0.137. The average Bonchev–Trinajstić information content (AvgIpc) is 3.02. The van der Waals surface area contributed by atoms with E-state index in [1.807, 2.05) is 0 Å². The molecular weight excluding hydrogens is 531 g/mol. The quantitative estimate of drug-likeness (QED) is 0.375. The van der Waals surface area contributed by atoms with Gasteiger partial charge in [-0.25, -0.2) is 9.69 Å². The fourth-order valence-corrected chi connectivity index (χ4v) is 6.90. The van der Waals surface area contributed by atoms with E-state index in [0.717, 1.165) is 56.3 Å². The summed E-state index contributed by atoms with van der Waals surface area (Å²) in [5.74, 6) is -0.605. The normalized spacial score (nSPS) is 28.2. The van der Waals surface area contributed by atoms with Crippen molar-refractivity contribution in [2.45, 2.75) is 88.5 Å². The third-order valence-electron chi connectivity index (χ3n) is 7.56. The average molecular weight is 568 g/mol. The number of carbonyl (C=O) groups excluding carboxylic acids is 2. The molecule has 4 rings (SSSR count). The van der Waals surface area contributed by atoms with Crippen LogP contribution < -0.4 is 10.2 Å². The molecule has 0 spiro atoms. The molecule has 12 heteroatoms. The van der Waals surface area contributed by atoms with Crippen molar-refractivity contribution in [3.63, 3.8) is 0 Å². The molecule has 0 unspecified atom stereocenters. The number of anilines is 1. The SMILES string of the molecule is C[C@@H]1CN(CCOC2CCC(SN3C(=O)N(c4ccc(C#N)c(C(F)(F)F)c4)C(=O)C3(C)C)CC2)C[C@H](C)N1. The number of nitrogens with zero attached hydrogens (tertiary/aromatic N) is 4. The first-order chi connectivity index (χ1) is 18.3. The van der Waals surface area contributed by atoms with Crippen LogP contribution in [0.3, 0.4) is 0 Å². The maximum Gasteiger partial charge on any atom is 0.417 e. The molecule has 0 aromatic heterocycles. The number of halogens is 3. The van der Waals surface area contributed by atoms with Crippen LogP contribution in [0.25, 0.3) is 0 Å². The summed E-state index contributed by atoms with van der Waals surface area (Å²) in [6, 6.07) is 4.67. The van der Waals surface area contributed by atoms with E-state index in [1.165, 1.54) is 28.4 Å². The van der Waals surface area contributed by atoms with Crippen LogP contribution in [0.15, 0.2) is 18.2 Å². The van der Waals surface area contributed by atoms with Crippen molar-refractivity contribution in [1.82, 2.24) is 14.5 Å². The van der Waals surface area contributed by atoms with Crippen molar-refractivity contribution >= 4 is 29.6 Å². The summed E-state index contributed by atoms with van der Waals surface area (Å²) in [6.07, 6.45) is -1.34. The molecule has 2 heterocycles. The summed E-state index contributed by atoms with van der Waals surface area (Å²) in [5, 5.41) is 12.7. The molecule has 3 fully saturated rings. The molecule has 1 aromatic rings. The number of nitriles is 1. The second-order valence-electron chi connectivity index (χ2n) is 11.2. The number of benzene rings is 1. The van der Waals surface area contributed by atoms with Crippen molar-refractivity contribution in [3.05, 3.63) is 29.3 Å². The Morgan fingerprint density at radius 1 is 1.13 bits per heavy atom. The minimum Gasteiger partial charge on any atom is -0.377 e. The minimum atomic E-state index is -4.79. The predicted molar refractivity (Wildman–Crippen MR) is 143 cm³/mol. The number of hydrogen-bond acceptors (Lipinski definition) is 7. The van der Waals surface area contributed by atoms with E-state index in [1.54, 1.807) is 13.8 Å². The van der Waals surface area contributed by atoms with Gasteiger partial charge >= 0.3 is 12.2 Å². The van der Waals surface area contributed by atoms with E-state index in [4.69, 9.17) is 10.00 Å². The number of rotatable bonds is 7. The molecule has 214 valence electrons. The van der Waals surface area contributed by atoms with Gasteiger partial charge in [0.1, 0.15) is 5.54 Å². The molecule has 2 aliphatic heterocycles. The molecule has 8 nitrogen and oxygen atoms in total. The van der Waals surface area contributed by atoms with E-state index in [0.29, 0.717) is 24.8 Å². The van der Waals surface area contributed by atoms with Crippen molar-refractivity contribution < 1.29 is 27.5 Å². The fourth-order valence-electron chi connectivity index (χ4n) is 5.61. The monoisotopic (exact) mass is 567 g/mol. The third-order valence-corrected chi connectivity index (χ3v) is 9.15. The molecule has 2 saturated heterocycles. The van der Waals surface area contributed by atoms with Gasteiger partial charge in [-0.05, 0) is 83.5 Å². The minimum absolute atomic E-state index is 0.0856. The summed E-state index contributed by atoms with van der Waals surface area (Å²) in [7, 11) is 0. The lowest BCUT2D eigenvalue weighted by Gasteiger charge is -2.37. The predicted octanol–water partition coefficient (Wildman–Crippen LogP) is 4.78. The Balaban J connectivity index is 1.34. The van der Waals surface area contributed by atoms with Crippen molar-refractivity contribution in [1.29, 1.82) is 5.26 Å². The Hall–Kier alpha value is -2.33. The fraction of sp³-hybridized carbons (Fsp3) is 0.667. The maximum absolute atomic E-state index is 13.5. The summed E-state index contributed by atoms with van der Waals surface area (Å²) in [5.41, 5.74) is -3.17. The van der Waals surface area contributed by atoms with Crippen molar-refractivity contribution in [2.75, 3.05) is 31.1 Å². The molecule has 0 radical (unpaired) electrons. The highest BCUT2D eigenvalue weighted by molar-refractivity contribution is 7.98. The van der Waals surface area contributed by atoms with Crippen LogP contribution in [0.4, 0.5) is 23.7 Å². The summed E-state index contributed by atoms with van der Waals surface area (Å²) in [4.78, 5) is 29.8. The highest BCUT2D eigenvalue weighted by Crippen LogP contribution is 2.43. The number of ether oxygens (including phenoxy) is 1. The van der Waals surface area contributed by atoms with Crippen LogP contribution in [-0.4, -0.2) is 76.4 Å². The van der Waals surface area contributed by atoms with E-state index in [9.17, 15) is 22.8 Å². The van der Waals surface area contributed by atoms with Gasteiger partial charge in [0.2, 0.25) is 0 Å². The van der Waals surface area contributed by atoms with E-state index >= 15 is 0 Å². The van der Waals surface area contributed by atoms with Crippen molar-refractivity contribution in [2.24, 2.45) is 0 Å². The second-order valence-corrected chi connectivity index (χ2v) is 12.5. The standard InChI is InChI=1S/C27H36F3N5O3S/c1-17-15-33(16-18(2)32-17)11-12-38-21-7-9-22(10-8-21)39-35-25(37)34(24(36)26(35,3)4)20-6-5-19(14-31)23(13-20)27(28,29)30/h5-6,13,17-18,21-22,32H,7-12,15-16H2,1-4H3/t17-,18+,21?,22?. The lowest BCUT2D eigenvalue weighted by atomic mass is 9.97. The topological polar surface area (TPSA) is 88.9 Å². The zero-order chi connectivity index (χ0) is 28.5. The first-order valence-electron chi connectivity index (χ1n) is 13.4. The number of piperazine rings is 1. The van der Waals surface area contributed by atoms with Crippen LogP contribution in [0.1, 0.15) is 64.5 Å². The van der Waals surface area contributed by atoms with E-state index in [2.05, 4.69) is 24.1 Å². The molecule has 3 aliphatic rings. The molecule has 39 heavy (non-hydrogen) atoms. The summed E-state index contributed by atoms with van der Waals surface area (Å²) >= 11 is 1.29. The number of hydrogen-bond donors (Lipinski definition) is 1. The molecule has 1 saturated carbocycles. The lowest BCUT2D eigenvalue weighted by Crippen LogP contribution is -2.54. The molecule has 0 bridgehead atoms. The number of nitrogens with one attached hydrogen (secondary N) is 1. The zero-order valence-corrected chi connectivity index (χ0v) is 23.6. The van der Waals surface area contributed by atoms with Gasteiger partial charge in [-0.15, -0.1) is 0 Å². The van der Waals surface area contributed by atoms with E-state index < -0.39 is 34.8 Å². The molecule has 1 aliphatic carbocycles. The largest absolute Gasteiger partial charge is 0.417 e. The van der Waals surface area contributed by atoms with Crippen LogP contribution in [0, 0.1) is 11.3 Å². The third kappa shape index (κ3) is 6.53. The van der Waals surface area contributed by atoms with Gasteiger partial charge in [0.05, 0.1) is 35.6 Å². The Bertz CT molecular complexity index is 1110. The Morgan fingerprint density at radius 3 is 2.36 bits per heavy atom.